The first-order valence-electron chi connectivity index (χ1n) is 9.67. The van der Waals surface area contributed by atoms with Crippen molar-refractivity contribution in [3.8, 4) is 11.1 Å². The number of nitrogens with one attached hydrogen (secondary N) is 2. The second kappa shape index (κ2) is 8.69. The van der Waals surface area contributed by atoms with Crippen molar-refractivity contribution in [2.45, 2.75) is 18.8 Å². The van der Waals surface area contributed by atoms with Crippen LogP contribution in [0.5, 0.6) is 0 Å². The molecule has 0 unspecified atom stereocenters. The smallest absolute Gasteiger partial charge is 0.250 e. The monoisotopic (exact) mass is 414 g/mol. The zero-order valence-corrected chi connectivity index (χ0v) is 17.7. The number of H-pyrrole nitrogens is 1. The number of aromatic amines is 1. The Morgan fingerprint density at radius 1 is 1.36 bits per heavy atom. The average Bonchev–Trinajstić information content (AvgIpc) is 3.38. The first kappa shape index (κ1) is 19.5. The summed E-state index contributed by atoms with van der Waals surface area (Å²) in [4.78, 5) is 15.4. The van der Waals surface area contributed by atoms with Crippen LogP contribution in [0.2, 0.25) is 0 Å². The van der Waals surface area contributed by atoms with E-state index in [0.29, 0.717) is 11.5 Å². The van der Waals surface area contributed by atoms with Crippen LogP contribution >= 0.6 is 23.3 Å². The molecule has 1 fully saturated rings. The maximum Gasteiger partial charge on any atom is 0.250 e. The number of nitrogens with two attached hydrogens (primary N) is 1. The van der Waals surface area contributed by atoms with Gasteiger partial charge in [-0.25, -0.2) is 0 Å². The minimum absolute atomic E-state index is 0.383. The van der Waals surface area contributed by atoms with Gasteiger partial charge in [0.25, 0.3) is 5.91 Å². The third-order valence-electron chi connectivity index (χ3n) is 5.46. The molecule has 5 nitrogen and oxygen atoms in total. The third-order valence-corrected chi connectivity index (χ3v) is 7.26. The summed E-state index contributed by atoms with van der Waals surface area (Å²) in [6.45, 7) is 3.23. The van der Waals surface area contributed by atoms with Gasteiger partial charge in [0.05, 0.1) is 11.1 Å². The maximum atomic E-state index is 12.1. The number of carbonyl (C=O) groups is 1. The largest absolute Gasteiger partial charge is 0.366 e. The SMILES string of the molecule is CNCCSN1CCC(c2c[nH]c3c(C(N)=O)cc(-c4ccsc4)cc23)CC1. The number of hydrogen-bond donors (Lipinski definition) is 3. The van der Waals surface area contributed by atoms with E-state index in [0.717, 1.165) is 60.3 Å². The molecular weight excluding hydrogens is 388 g/mol. The highest BCUT2D eigenvalue weighted by Gasteiger charge is 2.24. The number of nitrogens with zero attached hydrogens (tertiary/aromatic N) is 1. The molecule has 0 spiro atoms. The Hall–Kier alpha value is -1.80. The van der Waals surface area contributed by atoms with E-state index in [4.69, 9.17) is 5.73 Å². The molecule has 148 valence electrons. The first-order valence-corrected chi connectivity index (χ1v) is 11.6. The number of hydrogen-bond acceptors (Lipinski definition) is 5. The Balaban J connectivity index is 1.61. The highest BCUT2D eigenvalue weighted by Crippen LogP contribution is 2.37. The Morgan fingerprint density at radius 2 is 2.18 bits per heavy atom. The number of fused-ring (bicyclic) bond motifs is 1. The molecule has 1 aliphatic rings. The van der Waals surface area contributed by atoms with E-state index in [2.05, 4.69) is 43.7 Å². The van der Waals surface area contributed by atoms with Gasteiger partial charge in [-0.1, -0.05) is 11.9 Å². The fourth-order valence-corrected chi connectivity index (χ4v) is 5.64. The summed E-state index contributed by atoms with van der Waals surface area (Å²) in [5.74, 6) is 1.24. The van der Waals surface area contributed by atoms with E-state index in [1.165, 1.54) is 5.56 Å². The molecule has 2 aromatic heterocycles. The van der Waals surface area contributed by atoms with Crippen molar-refractivity contribution in [1.29, 1.82) is 0 Å². The van der Waals surface area contributed by atoms with Gasteiger partial charge in [0.1, 0.15) is 0 Å². The summed E-state index contributed by atoms with van der Waals surface area (Å²) >= 11 is 3.60. The Labute approximate surface area is 173 Å². The van der Waals surface area contributed by atoms with E-state index in [-0.39, 0.29) is 5.91 Å². The van der Waals surface area contributed by atoms with Crippen molar-refractivity contribution in [3.05, 3.63) is 46.3 Å². The van der Waals surface area contributed by atoms with Crippen LogP contribution < -0.4 is 11.1 Å². The lowest BCUT2D eigenvalue weighted by molar-refractivity contribution is 0.100. The van der Waals surface area contributed by atoms with Crippen molar-refractivity contribution in [2.75, 3.05) is 32.4 Å². The number of carbonyl (C=O) groups excluding carboxylic acids is 1. The molecule has 4 rings (SSSR count). The fourth-order valence-electron chi connectivity index (χ4n) is 3.95. The van der Waals surface area contributed by atoms with E-state index in [9.17, 15) is 4.79 Å². The summed E-state index contributed by atoms with van der Waals surface area (Å²) in [5.41, 5.74) is 10.6. The normalized spacial score (nSPS) is 16.0. The van der Waals surface area contributed by atoms with Crippen molar-refractivity contribution < 1.29 is 4.79 Å². The van der Waals surface area contributed by atoms with Crippen LogP contribution in [-0.2, 0) is 0 Å². The van der Waals surface area contributed by atoms with Gasteiger partial charge in [-0.15, -0.1) is 0 Å². The lowest BCUT2D eigenvalue weighted by atomic mass is 9.88. The summed E-state index contributed by atoms with van der Waals surface area (Å²) in [6, 6.07) is 6.21. The molecule has 0 aliphatic carbocycles. The molecule has 3 aromatic rings. The lowest BCUT2D eigenvalue weighted by Gasteiger charge is -2.31. The average molecular weight is 415 g/mol. The molecule has 1 amide bonds. The molecule has 0 saturated carbocycles. The number of benzene rings is 1. The van der Waals surface area contributed by atoms with Crippen molar-refractivity contribution in [2.24, 2.45) is 5.73 Å². The molecule has 1 aromatic carbocycles. The number of thiophene rings is 1. The van der Waals surface area contributed by atoms with Gasteiger partial charge in [0.2, 0.25) is 0 Å². The van der Waals surface area contributed by atoms with Crippen LogP contribution in [0.15, 0.2) is 35.2 Å². The predicted molar refractivity (Wildman–Crippen MR) is 120 cm³/mol. The van der Waals surface area contributed by atoms with Crippen LogP contribution in [0.3, 0.4) is 0 Å². The van der Waals surface area contributed by atoms with Crippen LogP contribution in [0, 0.1) is 0 Å². The van der Waals surface area contributed by atoms with Gasteiger partial charge in [-0.2, -0.15) is 11.3 Å². The molecule has 3 heterocycles. The Bertz CT molecular complexity index is 943. The van der Waals surface area contributed by atoms with E-state index in [1.54, 1.807) is 11.3 Å². The minimum atomic E-state index is -0.383. The maximum absolute atomic E-state index is 12.1. The number of rotatable bonds is 7. The van der Waals surface area contributed by atoms with Gasteiger partial charge in [-0.05, 0) is 71.5 Å². The summed E-state index contributed by atoms with van der Waals surface area (Å²) in [6.07, 6.45) is 4.35. The van der Waals surface area contributed by atoms with Crippen LogP contribution in [0.4, 0.5) is 0 Å². The zero-order valence-electron chi connectivity index (χ0n) is 16.0. The summed E-state index contributed by atoms with van der Waals surface area (Å²) < 4.78 is 2.48. The van der Waals surface area contributed by atoms with Crippen molar-refractivity contribution in [1.82, 2.24) is 14.6 Å². The lowest BCUT2D eigenvalue weighted by Crippen LogP contribution is -2.28. The molecule has 1 aliphatic heterocycles. The Kier molecular flexibility index (Phi) is 6.06. The number of amides is 1. The van der Waals surface area contributed by atoms with Gasteiger partial charge in [-0.3, -0.25) is 9.10 Å². The standard InChI is InChI=1S/C21H26N4OS2/c1-23-5-9-28-25-6-2-14(3-7-25)19-12-24-20-17(19)10-16(11-18(20)21(22)26)15-4-8-27-13-15/h4,8,10-14,23-24H,2-3,5-7,9H2,1H3,(H2,22,26). The molecule has 0 bridgehead atoms. The molecule has 4 N–H and O–H groups in total. The van der Waals surface area contributed by atoms with Crippen LogP contribution in [-0.4, -0.2) is 47.6 Å². The summed E-state index contributed by atoms with van der Waals surface area (Å²) in [7, 11) is 1.99. The molecular formula is C21H26N4OS2. The number of piperidine rings is 1. The third kappa shape index (κ3) is 3.98. The van der Waals surface area contributed by atoms with Gasteiger partial charge in [0.15, 0.2) is 0 Å². The topological polar surface area (TPSA) is 74.2 Å². The minimum Gasteiger partial charge on any atom is -0.366 e. The highest BCUT2D eigenvalue weighted by atomic mass is 32.2. The van der Waals surface area contributed by atoms with E-state index in [1.807, 2.05) is 25.1 Å². The van der Waals surface area contributed by atoms with Crippen LogP contribution in [0.1, 0.15) is 34.7 Å². The van der Waals surface area contributed by atoms with Crippen molar-refractivity contribution >= 4 is 40.1 Å². The van der Waals surface area contributed by atoms with Crippen molar-refractivity contribution in [3.63, 3.8) is 0 Å². The van der Waals surface area contributed by atoms with Gasteiger partial charge in [0, 0.05) is 37.0 Å². The predicted octanol–water partition coefficient (Wildman–Crippen LogP) is 4.04. The number of aromatic nitrogens is 1. The molecule has 7 heteroatoms. The fraction of sp³-hybridized carbons (Fsp3) is 0.381. The quantitative estimate of drug-likeness (QED) is 0.403. The molecule has 1 saturated heterocycles. The van der Waals surface area contributed by atoms with Crippen LogP contribution in [0.25, 0.3) is 22.0 Å². The second-order valence-corrected chi connectivity index (χ2v) is 9.17. The first-order chi connectivity index (χ1) is 13.7. The second-order valence-electron chi connectivity index (χ2n) is 7.21. The molecule has 0 atom stereocenters. The zero-order chi connectivity index (χ0) is 19.5. The summed E-state index contributed by atoms with van der Waals surface area (Å²) in [5, 5.41) is 8.51. The molecule has 28 heavy (non-hydrogen) atoms. The number of primary amides is 1. The van der Waals surface area contributed by atoms with E-state index >= 15 is 0 Å². The van der Waals surface area contributed by atoms with Gasteiger partial charge >= 0.3 is 0 Å². The van der Waals surface area contributed by atoms with Gasteiger partial charge < -0.3 is 16.0 Å². The highest BCUT2D eigenvalue weighted by molar-refractivity contribution is 7.97. The van der Waals surface area contributed by atoms with E-state index < -0.39 is 0 Å². The Morgan fingerprint density at radius 3 is 2.86 bits per heavy atom. The molecule has 0 radical (unpaired) electrons.